The molecule has 4 rings (SSSR count). The third kappa shape index (κ3) is 4.38. The molecule has 29 heavy (non-hydrogen) atoms. The first-order chi connectivity index (χ1) is 14.1. The van der Waals surface area contributed by atoms with Crippen LogP contribution in [-0.2, 0) is 16.1 Å². The van der Waals surface area contributed by atoms with Crippen molar-refractivity contribution in [3.63, 3.8) is 0 Å². The molecule has 0 saturated carbocycles. The number of amides is 1. The molecule has 7 nitrogen and oxygen atoms in total. The summed E-state index contributed by atoms with van der Waals surface area (Å²) in [5.41, 5.74) is 1.96. The van der Waals surface area contributed by atoms with Crippen molar-refractivity contribution in [2.45, 2.75) is 19.6 Å². The van der Waals surface area contributed by atoms with E-state index in [2.05, 4.69) is 10.3 Å². The smallest absolute Gasteiger partial charge is 0.358 e. The van der Waals surface area contributed by atoms with Crippen LogP contribution in [-0.4, -0.2) is 29.8 Å². The monoisotopic (exact) mass is 410 g/mol. The molecular weight excluding hydrogens is 392 g/mol. The summed E-state index contributed by atoms with van der Waals surface area (Å²) in [7, 11) is 0. The average molecular weight is 410 g/mol. The molecule has 1 N–H and O–H groups in total. The Balaban J connectivity index is 1.31. The molecule has 1 amide bonds. The van der Waals surface area contributed by atoms with Gasteiger partial charge in [0, 0.05) is 17.5 Å². The van der Waals surface area contributed by atoms with Gasteiger partial charge in [0.1, 0.15) is 5.01 Å². The molecule has 0 unspecified atom stereocenters. The van der Waals surface area contributed by atoms with Crippen molar-refractivity contribution in [2.75, 3.05) is 6.79 Å². The van der Waals surface area contributed by atoms with Crippen LogP contribution in [0.3, 0.4) is 0 Å². The molecule has 1 atom stereocenters. The Hall–Kier alpha value is -3.39. The maximum absolute atomic E-state index is 12.3. The Morgan fingerprint density at radius 1 is 1.17 bits per heavy atom. The summed E-state index contributed by atoms with van der Waals surface area (Å²) < 4.78 is 15.8. The number of hydrogen-bond donors (Lipinski definition) is 1. The van der Waals surface area contributed by atoms with E-state index in [0.29, 0.717) is 11.5 Å². The number of thiazole rings is 1. The van der Waals surface area contributed by atoms with Gasteiger partial charge in [-0.05, 0) is 24.6 Å². The fourth-order valence-electron chi connectivity index (χ4n) is 2.74. The van der Waals surface area contributed by atoms with E-state index >= 15 is 0 Å². The number of aromatic nitrogens is 1. The van der Waals surface area contributed by atoms with Gasteiger partial charge in [-0.3, -0.25) is 4.79 Å². The summed E-state index contributed by atoms with van der Waals surface area (Å²) in [5, 5.41) is 5.09. The summed E-state index contributed by atoms with van der Waals surface area (Å²) in [6, 6.07) is 15.0. The molecule has 148 valence electrons. The number of nitrogens with one attached hydrogen (secondary N) is 1. The first-order valence-electron chi connectivity index (χ1n) is 8.98. The SMILES string of the molecule is C[C@@H](OC(=O)c1csc(-c2ccccc2)n1)C(=O)NCc1ccc2c(c1)OCO2. The number of rotatable bonds is 6. The Labute approximate surface area is 171 Å². The quantitative estimate of drug-likeness (QED) is 0.627. The Kier molecular flexibility index (Phi) is 5.44. The molecule has 0 bridgehead atoms. The van der Waals surface area contributed by atoms with Gasteiger partial charge in [0.05, 0.1) is 0 Å². The van der Waals surface area contributed by atoms with Crippen LogP contribution in [0.1, 0.15) is 23.0 Å². The fourth-order valence-corrected chi connectivity index (χ4v) is 3.53. The number of hydrogen-bond acceptors (Lipinski definition) is 7. The summed E-state index contributed by atoms with van der Waals surface area (Å²) in [6.45, 7) is 2.00. The predicted octanol–water partition coefficient (Wildman–Crippen LogP) is 3.40. The first-order valence-corrected chi connectivity index (χ1v) is 9.86. The van der Waals surface area contributed by atoms with Gasteiger partial charge in [0.15, 0.2) is 23.3 Å². The maximum atomic E-state index is 12.3. The van der Waals surface area contributed by atoms with E-state index in [9.17, 15) is 9.59 Å². The number of carbonyl (C=O) groups excluding carboxylic acids is 2. The molecule has 8 heteroatoms. The zero-order chi connectivity index (χ0) is 20.2. The number of benzene rings is 2. The lowest BCUT2D eigenvalue weighted by Gasteiger charge is -2.13. The van der Waals surface area contributed by atoms with E-state index in [1.54, 1.807) is 17.5 Å². The molecule has 2 aromatic carbocycles. The average Bonchev–Trinajstić information content (AvgIpc) is 3.41. The Bertz CT molecular complexity index is 1030. The van der Waals surface area contributed by atoms with Crippen molar-refractivity contribution in [2.24, 2.45) is 0 Å². The standard InChI is InChI=1S/C21H18N2O5S/c1-13(19(24)22-10-14-7-8-17-18(9-14)27-12-26-17)28-21(25)16-11-29-20(23-16)15-5-3-2-4-6-15/h2-9,11,13H,10,12H2,1H3,(H,22,24)/t13-/m1/s1. The molecule has 1 aromatic heterocycles. The van der Waals surface area contributed by atoms with E-state index in [1.807, 2.05) is 36.4 Å². The highest BCUT2D eigenvalue weighted by molar-refractivity contribution is 7.13. The van der Waals surface area contributed by atoms with E-state index in [4.69, 9.17) is 14.2 Å². The summed E-state index contributed by atoms with van der Waals surface area (Å²) in [4.78, 5) is 28.9. The number of esters is 1. The largest absolute Gasteiger partial charge is 0.454 e. The van der Waals surface area contributed by atoms with Gasteiger partial charge in [0.2, 0.25) is 6.79 Å². The van der Waals surface area contributed by atoms with E-state index < -0.39 is 18.0 Å². The molecular formula is C21H18N2O5S. The van der Waals surface area contributed by atoms with Crippen LogP contribution in [0.4, 0.5) is 0 Å². The summed E-state index contributed by atoms with van der Waals surface area (Å²) in [5.74, 6) is 0.304. The van der Waals surface area contributed by atoms with E-state index in [0.717, 1.165) is 16.1 Å². The van der Waals surface area contributed by atoms with Gasteiger partial charge in [-0.1, -0.05) is 36.4 Å². The topological polar surface area (TPSA) is 86.8 Å². The molecule has 0 spiro atoms. The highest BCUT2D eigenvalue weighted by atomic mass is 32.1. The molecule has 0 radical (unpaired) electrons. The zero-order valence-electron chi connectivity index (χ0n) is 15.6. The molecule has 1 aliphatic heterocycles. The number of ether oxygens (including phenoxy) is 3. The van der Waals surface area contributed by atoms with Crippen molar-refractivity contribution >= 4 is 23.2 Å². The van der Waals surface area contributed by atoms with Crippen LogP contribution in [0.25, 0.3) is 10.6 Å². The van der Waals surface area contributed by atoms with Crippen molar-refractivity contribution in [3.05, 3.63) is 65.2 Å². The maximum Gasteiger partial charge on any atom is 0.358 e. The van der Waals surface area contributed by atoms with E-state index in [1.165, 1.54) is 18.3 Å². The zero-order valence-corrected chi connectivity index (χ0v) is 16.4. The van der Waals surface area contributed by atoms with Crippen molar-refractivity contribution < 1.29 is 23.8 Å². The van der Waals surface area contributed by atoms with Crippen molar-refractivity contribution in [1.82, 2.24) is 10.3 Å². The highest BCUT2D eigenvalue weighted by Crippen LogP contribution is 2.32. The van der Waals surface area contributed by atoms with Crippen LogP contribution in [0.2, 0.25) is 0 Å². The summed E-state index contributed by atoms with van der Waals surface area (Å²) in [6.07, 6.45) is -0.946. The molecule has 2 heterocycles. The minimum atomic E-state index is -0.946. The van der Waals surface area contributed by atoms with Gasteiger partial charge in [-0.15, -0.1) is 11.3 Å². The molecule has 0 fully saturated rings. The van der Waals surface area contributed by atoms with Gasteiger partial charge in [-0.2, -0.15) is 0 Å². The second kappa shape index (κ2) is 8.32. The van der Waals surface area contributed by atoms with Gasteiger partial charge in [-0.25, -0.2) is 9.78 Å². The predicted molar refractivity (Wildman–Crippen MR) is 107 cm³/mol. The summed E-state index contributed by atoms with van der Waals surface area (Å²) >= 11 is 1.35. The van der Waals surface area contributed by atoms with Crippen LogP contribution < -0.4 is 14.8 Å². The molecule has 0 saturated heterocycles. The van der Waals surface area contributed by atoms with Crippen molar-refractivity contribution in [1.29, 1.82) is 0 Å². The number of nitrogens with zero attached hydrogens (tertiary/aromatic N) is 1. The molecule has 0 aliphatic carbocycles. The Morgan fingerprint density at radius 3 is 2.79 bits per heavy atom. The highest BCUT2D eigenvalue weighted by Gasteiger charge is 2.21. The lowest BCUT2D eigenvalue weighted by molar-refractivity contribution is -0.129. The molecule has 1 aliphatic rings. The molecule has 3 aromatic rings. The lowest BCUT2D eigenvalue weighted by Crippen LogP contribution is -2.35. The minimum Gasteiger partial charge on any atom is -0.454 e. The first kappa shape index (κ1) is 18.9. The van der Waals surface area contributed by atoms with Crippen LogP contribution in [0, 0.1) is 0 Å². The third-order valence-electron chi connectivity index (χ3n) is 4.29. The van der Waals surface area contributed by atoms with Gasteiger partial charge in [0.25, 0.3) is 5.91 Å². The number of fused-ring (bicyclic) bond motifs is 1. The van der Waals surface area contributed by atoms with Crippen LogP contribution in [0.15, 0.2) is 53.9 Å². The van der Waals surface area contributed by atoms with Gasteiger partial charge >= 0.3 is 5.97 Å². The van der Waals surface area contributed by atoms with E-state index in [-0.39, 0.29) is 19.0 Å². The second-order valence-electron chi connectivity index (χ2n) is 6.36. The minimum absolute atomic E-state index is 0.185. The normalized spacial score (nSPS) is 13.0. The van der Waals surface area contributed by atoms with Gasteiger partial charge < -0.3 is 19.5 Å². The Morgan fingerprint density at radius 2 is 1.97 bits per heavy atom. The number of carbonyl (C=O) groups is 2. The van der Waals surface area contributed by atoms with Crippen LogP contribution >= 0.6 is 11.3 Å². The fraction of sp³-hybridized carbons (Fsp3) is 0.190. The van der Waals surface area contributed by atoms with Crippen LogP contribution in [0.5, 0.6) is 11.5 Å². The van der Waals surface area contributed by atoms with Crippen molar-refractivity contribution in [3.8, 4) is 22.1 Å². The second-order valence-corrected chi connectivity index (χ2v) is 7.21. The third-order valence-corrected chi connectivity index (χ3v) is 5.18. The lowest BCUT2D eigenvalue weighted by atomic mass is 10.2.